The Kier molecular flexibility index (Phi) is 3.42. The van der Waals surface area contributed by atoms with E-state index in [0.29, 0.717) is 12.8 Å². The van der Waals surface area contributed by atoms with E-state index in [-0.39, 0.29) is 11.8 Å². The van der Waals surface area contributed by atoms with Crippen LogP contribution in [0.5, 0.6) is 0 Å². The Morgan fingerprint density at radius 3 is 2.81 bits per heavy atom. The van der Waals surface area contributed by atoms with Gasteiger partial charge in [-0.05, 0) is 30.9 Å². The first-order chi connectivity index (χ1) is 10.1. The van der Waals surface area contributed by atoms with Crippen molar-refractivity contribution in [2.24, 2.45) is 5.41 Å². The predicted octanol–water partition coefficient (Wildman–Crippen LogP) is 3.35. The molecule has 1 heterocycles. The van der Waals surface area contributed by atoms with Gasteiger partial charge in [0.25, 0.3) is 0 Å². The lowest BCUT2D eigenvalue weighted by Crippen LogP contribution is -2.10. The van der Waals surface area contributed by atoms with Crippen molar-refractivity contribution >= 4 is 16.9 Å². The molecular formula is C17H18N2O2. The Balaban J connectivity index is 1.92. The zero-order chi connectivity index (χ0) is 14.9. The number of hydrogen-bond donors (Lipinski definition) is 1. The maximum Gasteiger partial charge on any atom is 0.303 e. The van der Waals surface area contributed by atoms with Gasteiger partial charge in [0.2, 0.25) is 0 Å². The van der Waals surface area contributed by atoms with Gasteiger partial charge in [0.1, 0.15) is 0 Å². The van der Waals surface area contributed by atoms with Crippen molar-refractivity contribution in [1.29, 1.82) is 5.26 Å². The van der Waals surface area contributed by atoms with Crippen LogP contribution in [-0.2, 0) is 17.8 Å². The third-order valence-corrected chi connectivity index (χ3v) is 4.40. The van der Waals surface area contributed by atoms with Crippen LogP contribution >= 0.6 is 0 Å². The van der Waals surface area contributed by atoms with Gasteiger partial charge in [-0.3, -0.25) is 4.79 Å². The lowest BCUT2D eigenvalue weighted by Gasteiger charge is -2.13. The molecule has 1 aromatic carbocycles. The molecule has 1 N–H and O–H groups in total. The van der Waals surface area contributed by atoms with E-state index in [4.69, 9.17) is 10.4 Å². The quantitative estimate of drug-likeness (QED) is 0.883. The fraction of sp³-hybridized carbons (Fsp3) is 0.412. The first-order valence-corrected chi connectivity index (χ1v) is 7.29. The number of carboxylic acids is 1. The van der Waals surface area contributed by atoms with E-state index < -0.39 is 5.97 Å². The van der Waals surface area contributed by atoms with Crippen molar-refractivity contribution in [3.05, 3.63) is 36.0 Å². The Morgan fingerprint density at radius 2 is 2.14 bits per heavy atom. The fourth-order valence-electron chi connectivity index (χ4n) is 2.99. The minimum atomic E-state index is -0.769. The molecule has 0 saturated heterocycles. The van der Waals surface area contributed by atoms with Gasteiger partial charge in [-0.2, -0.15) is 5.26 Å². The van der Waals surface area contributed by atoms with Gasteiger partial charge in [0.15, 0.2) is 0 Å². The average Bonchev–Trinajstić information content (AvgIpc) is 3.13. The molecular weight excluding hydrogens is 264 g/mol. The van der Waals surface area contributed by atoms with Crippen molar-refractivity contribution < 1.29 is 9.90 Å². The van der Waals surface area contributed by atoms with E-state index in [1.165, 1.54) is 0 Å². The van der Waals surface area contributed by atoms with Gasteiger partial charge in [0.05, 0.1) is 6.07 Å². The summed E-state index contributed by atoms with van der Waals surface area (Å²) in [4.78, 5) is 10.8. The van der Waals surface area contributed by atoms with E-state index in [1.54, 1.807) is 0 Å². The number of fused-ring (bicyclic) bond motifs is 1. The number of carboxylic acid groups (broad SMARTS) is 1. The van der Waals surface area contributed by atoms with Crippen LogP contribution in [0.2, 0.25) is 0 Å². The molecule has 108 valence electrons. The van der Waals surface area contributed by atoms with Crippen LogP contribution in [0.15, 0.2) is 30.5 Å². The molecule has 1 fully saturated rings. The number of rotatable bonds is 6. The zero-order valence-corrected chi connectivity index (χ0v) is 11.9. The third-order valence-electron chi connectivity index (χ3n) is 4.40. The second kappa shape index (κ2) is 5.25. The third kappa shape index (κ3) is 2.78. The number of nitrogens with zero attached hydrogens (tertiary/aromatic N) is 2. The number of nitriles is 1. The molecule has 1 saturated carbocycles. The summed E-state index contributed by atoms with van der Waals surface area (Å²) in [7, 11) is 0. The summed E-state index contributed by atoms with van der Waals surface area (Å²) < 4.78 is 2.21. The molecule has 0 amide bonds. The Morgan fingerprint density at radius 1 is 1.38 bits per heavy atom. The molecule has 21 heavy (non-hydrogen) atoms. The Labute approximate surface area is 123 Å². The zero-order valence-electron chi connectivity index (χ0n) is 11.9. The summed E-state index contributed by atoms with van der Waals surface area (Å²) in [6.07, 6.45) is 5.59. The fourth-order valence-corrected chi connectivity index (χ4v) is 2.99. The van der Waals surface area contributed by atoms with Crippen LogP contribution in [-0.4, -0.2) is 15.6 Å². The van der Waals surface area contributed by atoms with Crippen molar-refractivity contribution in [2.75, 3.05) is 0 Å². The van der Waals surface area contributed by atoms with E-state index in [2.05, 4.69) is 22.9 Å². The number of aryl methyl sites for hydroxylation is 1. The highest BCUT2D eigenvalue weighted by molar-refractivity contribution is 5.84. The van der Waals surface area contributed by atoms with Gasteiger partial charge in [-0.25, -0.2) is 0 Å². The summed E-state index contributed by atoms with van der Waals surface area (Å²) in [5.74, 6) is -0.769. The lowest BCUT2D eigenvalue weighted by molar-refractivity contribution is -0.136. The number of carbonyl (C=O) groups is 1. The largest absolute Gasteiger partial charge is 0.481 e. The molecule has 0 bridgehead atoms. The number of para-hydroxylation sites is 1. The van der Waals surface area contributed by atoms with Gasteiger partial charge in [0, 0.05) is 41.9 Å². The first-order valence-electron chi connectivity index (χ1n) is 7.29. The molecule has 4 nitrogen and oxygen atoms in total. The minimum absolute atomic E-state index is 0.139. The van der Waals surface area contributed by atoms with Gasteiger partial charge in [-0.1, -0.05) is 18.2 Å². The van der Waals surface area contributed by atoms with Crippen LogP contribution in [0.25, 0.3) is 10.9 Å². The van der Waals surface area contributed by atoms with E-state index in [1.807, 2.05) is 18.2 Å². The van der Waals surface area contributed by atoms with Crippen molar-refractivity contribution in [1.82, 2.24) is 4.57 Å². The molecule has 1 aliphatic carbocycles. The minimum Gasteiger partial charge on any atom is -0.481 e. The van der Waals surface area contributed by atoms with Gasteiger partial charge in [-0.15, -0.1) is 0 Å². The summed E-state index contributed by atoms with van der Waals surface area (Å²) >= 11 is 0. The number of aliphatic carboxylic acids is 1. The second-order valence-electron chi connectivity index (χ2n) is 6.03. The van der Waals surface area contributed by atoms with E-state index >= 15 is 0 Å². The molecule has 0 radical (unpaired) electrons. The molecule has 0 atom stereocenters. The molecule has 4 heteroatoms. The van der Waals surface area contributed by atoms with Crippen LogP contribution in [0.1, 0.15) is 31.2 Å². The van der Waals surface area contributed by atoms with Gasteiger partial charge >= 0.3 is 5.97 Å². The molecule has 1 aromatic heterocycles. The highest BCUT2D eigenvalue weighted by Crippen LogP contribution is 2.50. The maximum atomic E-state index is 10.8. The monoisotopic (exact) mass is 282 g/mol. The van der Waals surface area contributed by atoms with Crippen molar-refractivity contribution in [2.45, 2.75) is 38.6 Å². The smallest absolute Gasteiger partial charge is 0.303 e. The molecule has 0 aliphatic heterocycles. The van der Waals surface area contributed by atoms with Crippen LogP contribution in [0, 0.1) is 16.7 Å². The summed E-state index contributed by atoms with van der Waals surface area (Å²) in [6.45, 7) is 0.855. The maximum absolute atomic E-state index is 10.8. The lowest BCUT2D eigenvalue weighted by atomic mass is 10.0. The number of hydrogen-bond acceptors (Lipinski definition) is 2. The summed E-state index contributed by atoms with van der Waals surface area (Å²) in [5, 5.41) is 19.0. The molecule has 2 aromatic rings. The highest BCUT2D eigenvalue weighted by atomic mass is 16.4. The van der Waals surface area contributed by atoms with Crippen molar-refractivity contribution in [3.63, 3.8) is 0 Å². The molecule has 0 unspecified atom stereocenters. The molecule has 0 spiro atoms. The standard InChI is InChI=1S/C17H18N2O2/c18-10-9-17(7-8-17)12-19-11-13(5-6-16(20)21)14-3-1-2-4-15(14)19/h1-4,11H,5-9,12H2,(H,20,21). The number of aromatic nitrogens is 1. The van der Waals surface area contributed by atoms with Crippen molar-refractivity contribution in [3.8, 4) is 6.07 Å². The average molecular weight is 282 g/mol. The summed E-state index contributed by atoms with van der Waals surface area (Å²) in [6, 6.07) is 10.4. The predicted molar refractivity (Wildman–Crippen MR) is 79.8 cm³/mol. The normalized spacial score (nSPS) is 15.8. The SMILES string of the molecule is N#CCC1(Cn2cc(CCC(=O)O)c3ccccc32)CC1. The van der Waals surface area contributed by atoms with E-state index in [9.17, 15) is 4.79 Å². The first kappa shape index (κ1) is 13.7. The molecule has 3 rings (SSSR count). The summed E-state index contributed by atoms with van der Waals surface area (Å²) in [5.41, 5.74) is 2.36. The van der Waals surface area contributed by atoms with E-state index in [0.717, 1.165) is 35.9 Å². The number of benzene rings is 1. The van der Waals surface area contributed by atoms with Crippen LogP contribution < -0.4 is 0 Å². The Bertz CT molecular complexity index is 720. The Hall–Kier alpha value is -2.28. The van der Waals surface area contributed by atoms with Gasteiger partial charge < -0.3 is 9.67 Å². The topological polar surface area (TPSA) is 66.0 Å². The van der Waals surface area contributed by atoms with Crippen LogP contribution in [0.3, 0.4) is 0 Å². The van der Waals surface area contributed by atoms with Crippen LogP contribution in [0.4, 0.5) is 0 Å². The molecule has 1 aliphatic rings. The highest BCUT2D eigenvalue weighted by Gasteiger charge is 2.42. The second-order valence-corrected chi connectivity index (χ2v) is 6.03.